The van der Waals surface area contributed by atoms with Gasteiger partial charge < -0.3 is 14.8 Å². The molecule has 0 spiro atoms. The number of nitrogens with one attached hydrogen (secondary N) is 1. The Balaban J connectivity index is 2.06. The van der Waals surface area contributed by atoms with Crippen LogP contribution < -0.4 is 5.32 Å². The number of amides is 1. The number of carbonyl (C=O) groups excluding carboxylic acids is 1. The molecule has 1 atom stereocenters. The van der Waals surface area contributed by atoms with Gasteiger partial charge >= 0.3 is 5.97 Å². The average molecular weight is 338 g/mol. The van der Waals surface area contributed by atoms with Crippen LogP contribution in [0.15, 0.2) is 51.7 Å². The molecule has 2 aromatic rings. The van der Waals surface area contributed by atoms with Crippen molar-refractivity contribution in [2.24, 2.45) is 0 Å². The summed E-state index contributed by atoms with van der Waals surface area (Å²) >= 11 is 3.09. The summed E-state index contributed by atoms with van der Waals surface area (Å²) in [5, 5.41) is 11.7. The van der Waals surface area contributed by atoms with Crippen LogP contribution in [0.5, 0.6) is 0 Å². The molecule has 0 aliphatic carbocycles. The highest BCUT2D eigenvalue weighted by molar-refractivity contribution is 9.10. The lowest BCUT2D eigenvalue weighted by Crippen LogP contribution is -2.42. The third-order valence-corrected chi connectivity index (χ3v) is 3.13. The topological polar surface area (TPSA) is 79.5 Å². The molecule has 0 aliphatic rings. The molecule has 0 saturated carbocycles. The van der Waals surface area contributed by atoms with E-state index in [9.17, 15) is 14.7 Å². The fraction of sp³-hybridized carbons (Fsp3) is 0.143. The number of aliphatic carboxylic acids is 1. The van der Waals surface area contributed by atoms with Crippen LogP contribution in [0.2, 0.25) is 0 Å². The van der Waals surface area contributed by atoms with Gasteiger partial charge in [0.05, 0.1) is 5.56 Å². The SMILES string of the molecule is O=C(N[C@@H](Cc1ccccc1)C(=O)O)c1coc(Br)c1. The molecule has 20 heavy (non-hydrogen) atoms. The summed E-state index contributed by atoms with van der Waals surface area (Å²) < 4.78 is 5.37. The predicted octanol–water partition coefficient (Wildman–Crippen LogP) is 2.47. The van der Waals surface area contributed by atoms with E-state index in [1.165, 1.54) is 12.3 Å². The van der Waals surface area contributed by atoms with Crippen LogP contribution in [0.4, 0.5) is 0 Å². The summed E-state index contributed by atoms with van der Waals surface area (Å²) in [4.78, 5) is 23.1. The quantitative estimate of drug-likeness (QED) is 0.878. The Bertz CT molecular complexity index is 609. The minimum Gasteiger partial charge on any atom is -0.480 e. The standard InChI is InChI=1S/C14H12BrNO4/c15-12-7-10(8-20-12)13(17)16-11(14(18)19)6-9-4-2-1-3-5-9/h1-5,7-8,11H,6H2,(H,16,17)(H,18,19)/t11-/m0/s1. The first-order chi connectivity index (χ1) is 9.56. The van der Waals surface area contributed by atoms with E-state index in [2.05, 4.69) is 21.2 Å². The number of carboxylic acid groups (broad SMARTS) is 1. The maximum absolute atomic E-state index is 11.9. The fourth-order valence-electron chi connectivity index (χ4n) is 1.72. The number of hydrogen-bond acceptors (Lipinski definition) is 3. The second kappa shape index (κ2) is 6.38. The summed E-state index contributed by atoms with van der Waals surface area (Å²) in [5.74, 6) is -1.56. The molecular weight excluding hydrogens is 326 g/mol. The van der Waals surface area contributed by atoms with Crippen molar-refractivity contribution in [1.82, 2.24) is 5.32 Å². The Morgan fingerprint density at radius 2 is 2.00 bits per heavy atom. The van der Waals surface area contributed by atoms with Gasteiger partial charge in [-0.1, -0.05) is 30.3 Å². The van der Waals surface area contributed by atoms with Gasteiger partial charge in [0.25, 0.3) is 5.91 Å². The van der Waals surface area contributed by atoms with E-state index in [4.69, 9.17) is 4.42 Å². The average Bonchev–Trinajstić information content (AvgIpc) is 2.86. The van der Waals surface area contributed by atoms with E-state index >= 15 is 0 Å². The van der Waals surface area contributed by atoms with E-state index < -0.39 is 17.9 Å². The first kappa shape index (κ1) is 14.3. The molecule has 0 bridgehead atoms. The lowest BCUT2D eigenvalue weighted by molar-refractivity contribution is -0.139. The molecule has 0 aliphatic heterocycles. The minimum absolute atomic E-state index is 0.223. The second-order valence-corrected chi connectivity index (χ2v) is 4.98. The van der Waals surface area contributed by atoms with E-state index in [0.29, 0.717) is 4.67 Å². The molecule has 0 fully saturated rings. The Labute approximate surface area is 123 Å². The van der Waals surface area contributed by atoms with Crippen molar-refractivity contribution >= 4 is 27.8 Å². The first-order valence-corrected chi connectivity index (χ1v) is 6.67. The van der Waals surface area contributed by atoms with Crippen LogP contribution in [0.25, 0.3) is 0 Å². The summed E-state index contributed by atoms with van der Waals surface area (Å²) in [5.41, 5.74) is 1.12. The lowest BCUT2D eigenvalue weighted by Gasteiger charge is -2.13. The van der Waals surface area contributed by atoms with Crippen LogP contribution in [0.3, 0.4) is 0 Å². The van der Waals surface area contributed by atoms with Gasteiger partial charge in [0, 0.05) is 12.5 Å². The fourth-order valence-corrected chi connectivity index (χ4v) is 2.06. The number of benzene rings is 1. The van der Waals surface area contributed by atoms with Crippen molar-refractivity contribution in [2.75, 3.05) is 0 Å². The lowest BCUT2D eigenvalue weighted by atomic mass is 10.1. The van der Waals surface area contributed by atoms with Crippen molar-refractivity contribution in [3.05, 3.63) is 58.5 Å². The largest absolute Gasteiger partial charge is 0.480 e. The van der Waals surface area contributed by atoms with Crippen LogP contribution in [-0.4, -0.2) is 23.0 Å². The zero-order valence-electron chi connectivity index (χ0n) is 10.4. The van der Waals surface area contributed by atoms with E-state index in [1.807, 2.05) is 30.3 Å². The third kappa shape index (κ3) is 3.71. The predicted molar refractivity (Wildman–Crippen MR) is 75.4 cm³/mol. The van der Waals surface area contributed by atoms with Crippen molar-refractivity contribution in [2.45, 2.75) is 12.5 Å². The van der Waals surface area contributed by atoms with E-state index in [1.54, 1.807) is 0 Å². The van der Waals surface area contributed by atoms with Gasteiger partial charge in [-0.05, 0) is 21.5 Å². The molecule has 1 aromatic carbocycles. The Morgan fingerprint density at radius 1 is 1.30 bits per heavy atom. The monoisotopic (exact) mass is 337 g/mol. The van der Waals surface area contributed by atoms with E-state index in [-0.39, 0.29) is 12.0 Å². The Hall–Kier alpha value is -2.08. The first-order valence-electron chi connectivity index (χ1n) is 5.88. The number of furan rings is 1. The molecule has 1 heterocycles. The molecule has 2 N–H and O–H groups in total. The molecule has 2 rings (SSSR count). The molecule has 0 radical (unpaired) electrons. The summed E-state index contributed by atoms with van der Waals surface area (Å²) in [6, 6.07) is 9.62. The third-order valence-electron chi connectivity index (χ3n) is 2.72. The molecule has 1 amide bonds. The number of rotatable bonds is 5. The maximum atomic E-state index is 11.9. The van der Waals surface area contributed by atoms with E-state index in [0.717, 1.165) is 5.56 Å². The van der Waals surface area contributed by atoms with Crippen molar-refractivity contribution < 1.29 is 19.1 Å². The zero-order valence-corrected chi connectivity index (χ0v) is 12.0. The molecule has 104 valence electrons. The number of carbonyl (C=O) groups is 2. The zero-order chi connectivity index (χ0) is 14.5. The maximum Gasteiger partial charge on any atom is 0.326 e. The van der Waals surface area contributed by atoms with Gasteiger partial charge in [-0.3, -0.25) is 4.79 Å². The van der Waals surface area contributed by atoms with Crippen molar-refractivity contribution in [1.29, 1.82) is 0 Å². The summed E-state index contributed by atoms with van der Waals surface area (Å²) in [7, 11) is 0. The highest BCUT2D eigenvalue weighted by atomic mass is 79.9. The van der Waals surface area contributed by atoms with Gasteiger partial charge in [0.2, 0.25) is 0 Å². The highest BCUT2D eigenvalue weighted by Gasteiger charge is 2.21. The van der Waals surface area contributed by atoms with Crippen molar-refractivity contribution in [3.8, 4) is 0 Å². The van der Waals surface area contributed by atoms with Crippen LogP contribution in [0, 0.1) is 0 Å². The van der Waals surface area contributed by atoms with Gasteiger partial charge in [-0.15, -0.1) is 0 Å². The Morgan fingerprint density at radius 3 is 2.55 bits per heavy atom. The normalized spacial score (nSPS) is 11.8. The number of hydrogen-bond donors (Lipinski definition) is 2. The molecule has 5 nitrogen and oxygen atoms in total. The molecule has 6 heteroatoms. The van der Waals surface area contributed by atoms with Gasteiger partial charge in [-0.2, -0.15) is 0 Å². The van der Waals surface area contributed by atoms with Gasteiger partial charge in [0.15, 0.2) is 4.67 Å². The Kier molecular flexibility index (Phi) is 4.57. The van der Waals surface area contributed by atoms with Crippen LogP contribution in [0.1, 0.15) is 15.9 Å². The highest BCUT2D eigenvalue weighted by Crippen LogP contribution is 2.14. The van der Waals surface area contributed by atoms with Gasteiger partial charge in [-0.25, -0.2) is 4.79 Å². The summed E-state index contributed by atoms with van der Waals surface area (Å²) in [6.07, 6.45) is 1.49. The number of carboxylic acids is 1. The summed E-state index contributed by atoms with van der Waals surface area (Å²) in [6.45, 7) is 0. The van der Waals surface area contributed by atoms with Gasteiger partial charge in [0.1, 0.15) is 12.3 Å². The molecule has 1 aromatic heterocycles. The van der Waals surface area contributed by atoms with Crippen molar-refractivity contribution in [3.63, 3.8) is 0 Å². The minimum atomic E-state index is -1.08. The molecule has 0 saturated heterocycles. The van der Waals surface area contributed by atoms with Crippen LogP contribution in [-0.2, 0) is 11.2 Å². The number of halogens is 1. The second-order valence-electron chi connectivity index (χ2n) is 4.19. The van der Waals surface area contributed by atoms with Crippen LogP contribution >= 0.6 is 15.9 Å². The smallest absolute Gasteiger partial charge is 0.326 e. The molecular formula is C14H12BrNO4. The molecule has 0 unspecified atom stereocenters.